The molecule has 0 saturated carbocycles. The molecule has 1 heterocycles. The topological polar surface area (TPSA) is 73.1 Å². The zero-order valence-corrected chi connectivity index (χ0v) is 16.2. The van der Waals surface area contributed by atoms with E-state index >= 15 is 0 Å². The van der Waals surface area contributed by atoms with Crippen molar-refractivity contribution in [1.29, 1.82) is 0 Å². The summed E-state index contributed by atoms with van der Waals surface area (Å²) in [5, 5.41) is 9.76. The molecule has 0 atom stereocenters. The van der Waals surface area contributed by atoms with Gasteiger partial charge in [-0.25, -0.2) is 9.37 Å². The Hall–Kier alpha value is -2.83. The molecule has 0 fully saturated rings. The van der Waals surface area contributed by atoms with Crippen LogP contribution in [0.15, 0.2) is 29.6 Å². The molecule has 1 aliphatic heterocycles. The number of hydrogen-bond acceptors (Lipinski definition) is 5. The number of benzene rings is 1. The molecular formula is C19H26N3O4+. The van der Waals surface area contributed by atoms with Crippen LogP contribution in [0.4, 0.5) is 5.69 Å². The quantitative estimate of drug-likeness (QED) is 0.377. The van der Waals surface area contributed by atoms with E-state index in [1.165, 1.54) is 21.6 Å². The average molecular weight is 360 g/mol. The van der Waals surface area contributed by atoms with E-state index in [2.05, 4.69) is 6.72 Å². The highest BCUT2D eigenvalue weighted by atomic mass is 16.6. The summed E-state index contributed by atoms with van der Waals surface area (Å²) in [5.74, 6) is -0.749. The molecule has 7 heteroatoms. The number of carbonyl (C=O) groups is 2. The molecule has 0 aromatic heterocycles. The SMILES string of the molecule is C=[N+](C)C(C(=O)OC(C)(C)C)=C1CN(C)C(=O)c2cc(O)ccc2N1C. The summed E-state index contributed by atoms with van der Waals surface area (Å²) in [6, 6.07) is 4.58. The molecule has 26 heavy (non-hydrogen) atoms. The fourth-order valence-electron chi connectivity index (χ4n) is 2.80. The van der Waals surface area contributed by atoms with Crippen LogP contribution < -0.4 is 4.90 Å². The van der Waals surface area contributed by atoms with Gasteiger partial charge < -0.3 is 19.6 Å². The number of amides is 1. The van der Waals surface area contributed by atoms with Crippen LogP contribution in [0.1, 0.15) is 31.1 Å². The van der Waals surface area contributed by atoms with Crippen molar-refractivity contribution in [2.75, 3.05) is 32.6 Å². The van der Waals surface area contributed by atoms with E-state index in [-0.39, 0.29) is 23.9 Å². The van der Waals surface area contributed by atoms with Gasteiger partial charge in [-0.05, 0) is 39.0 Å². The molecule has 1 N–H and O–H groups in total. The zero-order chi connectivity index (χ0) is 19.8. The summed E-state index contributed by atoms with van der Waals surface area (Å²) in [7, 11) is 5.07. The van der Waals surface area contributed by atoms with Crippen molar-refractivity contribution >= 4 is 24.3 Å². The molecule has 1 aromatic rings. The number of hydrogen-bond donors (Lipinski definition) is 1. The van der Waals surface area contributed by atoms with Crippen molar-refractivity contribution in [3.05, 3.63) is 35.2 Å². The second kappa shape index (κ2) is 6.82. The first-order valence-corrected chi connectivity index (χ1v) is 8.25. The van der Waals surface area contributed by atoms with E-state index in [1.54, 1.807) is 52.9 Å². The predicted octanol–water partition coefficient (Wildman–Crippen LogP) is 1.81. The molecular weight excluding hydrogens is 334 g/mol. The van der Waals surface area contributed by atoms with Crippen molar-refractivity contribution < 1.29 is 24.0 Å². The third kappa shape index (κ3) is 3.87. The van der Waals surface area contributed by atoms with E-state index in [1.807, 2.05) is 0 Å². The lowest BCUT2D eigenvalue weighted by atomic mass is 10.1. The summed E-state index contributed by atoms with van der Waals surface area (Å²) in [6.07, 6.45) is 0. The lowest BCUT2D eigenvalue weighted by Gasteiger charge is -2.24. The van der Waals surface area contributed by atoms with Crippen LogP contribution in [0.3, 0.4) is 0 Å². The number of carbonyl (C=O) groups excluding carboxylic acids is 2. The van der Waals surface area contributed by atoms with Crippen LogP contribution >= 0.6 is 0 Å². The van der Waals surface area contributed by atoms with Crippen LogP contribution in [0.5, 0.6) is 5.75 Å². The van der Waals surface area contributed by atoms with E-state index in [0.717, 1.165) is 0 Å². The first-order valence-electron chi connectivity index (χ1n) is 8.25. The Bertz CT molecular complexity index is 805. The minimum Gasteiger partial charge on any atom is -0.508 e. The summed E-state index contributed by atoms with van der Waals surface area (Å²) in [4.78, 5) is 28.7. The number of phenolic OH excluding ortho intramolecular Hbond substituents is 1. The summed E-state index contributed by atoms with van der Waals surface area (Å²) in [5.41, 5.74) is 1.14. The molecule has 0 saturated heterocycles. The third-order valence-corrected chi connectivity index (χ3v) is 3.96. The van der Waals surface area contributed by atoms with Crippen molar-refractivity contribution in [3.8, 4) is 5.75 Å². The molecule has 0 spiro atoms. The maximum absolute atomic E-state index is 12.8. The Labute approximate surface area is 153 Å². The minimum atomic E-state index is -0.659. The van der Waals surface area contributed by atoms with Gasteiger partial charge in [-0.3, -0.25) is 4.79 Å². The Morgan fingerprint density at radius 2 is 1.92 bits per heavy atom. The monoisotopic (exact) mass is 360 g/mol. The highest BCUT2D eigenvalue weighted by Crippen LogP contribution is 2.32. The third-order valence-electron chi connectivity index (χ3n) is 3.96. The summed E-state index contributed by atoms with van der Waals surface area (Å²) < 4.78 is 6.97. The molecule has 1 amide bonds. The lowest BCUT2D eigenvalue weighted by molar-refractivity contribution is -0.432. The van der Waals surface area contributed by atoms with Crippen LogP contribution in [0.2, 0.25) is 0 Å². The highest BCUT2D eigenvalue weighted by molar-refractivity contribution is 6.02. The number of aromatic hydroxyl groups is 1. The lowest BCUT2D eigenvalue weighted by Crippen LogP contribution is -2.35. The standard InChI is InChI=1S/C19H25N3O4/c1-19(2,3)26-18(25)16(20(4)5)15-11-21(6)17(24)13-10-12(23)8-9-14(13)22(15)7/h8-10H,4,11H2,1-3,5-7H3/p+1. The molecule has 140 valence electrons. The van der Waals surface area contributed by atoms with Gasteiger partial charge in [0.1, 0.15) is 30.8 Å². The van der Waals surface area contributed by atoms with Gasteiger partial charge >= 0.3 is 11.7 Å². The predicted molar refractivity (Wildman–Crippen MR) is 99.6 cm³/mol. The Kier molecular flexibility index (Phi) is 5.11. The van der Waals surface area contributed by atoms with Gasteiger partial charge in [0.15, 0.2) is 0 Å². The van der Waals surface area contributed by atoms with Gasteiger partial charge in [0.2, 0.25) is 0 Å². The summed E-state index contributed by atoms with van der Waals surface area (Å²) >= 11 is 0. The van der Waals surface area contributed by atoms with E-state index in [0.29, 0.717) is 16.9 Å². The average Bonchev–Trinajstić information content (AvgIpc) is 2.57. The number of anilines is 1. The number of phenols is 1. The molecule has 0 unspecified atom stereocenters. The van der Waals surface area contributed by atoms with Crippen LogP contribution in [0, 0.1) is 0 Å². The molecule has 2 rings (SSSR count). The Balaban J connectivity index is 2.67. The minimum absolute atomic E-state index is 0.00738. The number of nitrogens with zero attached hydrogens (tertiary/aromatic N) is 3. The largest absolute Gasteiger partial charge is 0.508 e. The van der Waals surface area contributed by atoms with E-state index < -0.39 is 11.6 Å². The zero-order valence-electron chi connectivity index (χ0n) is 16.2. The van der Waals surface area contributed by atoms with Gasteiger partial charge in [0.25, 0.3) is 5.91 Å². The number of likely N-dealkylation sites (N-methyl/N-ethyl adjacent to an activating group) is 3. The molecule has 0 aliphatic carbocycles. The Morgan fingerprint density at radius 3 is 2.46 bits per heavy atom. The number of rotatable bonds is 2. The molecule has 7 nitrogen and oxygen atoms in total. The molecule has 1 aliphatic rings. The van der Waals surface area contributed by atoms with Crippen molar-refractivity contribution in [2.45, 2.75) is 26.4 Å². The van der Waals surface area contributed by atoms with E-state index in [4.69, 9.17) is 4.74 Å². The molecule has 1 aromatic carbocycles. The highest BCUT2D eigenvalue weighted by Gasteiger charge is 2.35. The van der Waals surface area contributed by atoms with E-state index in [9.17, 15) is 14.7 Å². The van der Waals surface area contributed by atoms with Crippen molar-refractivity contribution in [1.82, 2.24) is 4.90 Å². The normalized spacial score (nSPS) is 16.8. The van der Waals surface area contributed by atoms with Crippen LogP contribution in [-0.4, -0.2) is 66.5 Å². The fourth-order valence-corrected chi connectivity index (χ4v) is 2.80. The smallest absolute Gasteiger partial charge is 0.406 e. The maximum Gasteiger partial charge on any atom is 0.406 e. The van der Waals surface area contributed by atoms with Gasteiger partial charge in [-0.1, -0.05) is 0 Å². The van der Waals surface area contributed by atoms with Gasteiger partial charge in [-0.2, -0.15) is 0 Å². The Morgan fingerprint density at radius 1 is 1.31 bits per heavy atom. The maximum atomic E-state index is 12.8. The molecule has 0 bridgehead atoms. The first-order chi connectivity index (χ1) is 11.9. The fraction of sp³-hybridized carbons (Fsp3) is 0.421. The van der Waals surface area contributed by atoms with Crippen molar-refractivity contribution in [2.24, 2.45) is 0 Å². The van der Waals surface area contributed by atoms with Crippen LogP contribution in [-0.2, 0) is 9.53 Å². The second-order valence-electron chi connectivity index (χ2n) is 7.42. The first kappa shape index (κ1) is 19.5. The van der Waals surface area contributed by atoms with Gasteiger partial charge in [-0.15, -0.1) is 0 Å². The number of ether oxygens (including phenoxy) is 1. The second-order valence-corrected chi connectivity index (χ2v) is 7.42. The number of fused-ring (bicyclic) bond motifs is 1. The van der Waals surface area contributed by atoms with Gasteiger partial charge in [0, 0.05) is 14.1 Å². The van der Waals surface area contributed by atoms with Crippen LogP contribution in [0.25, 0.3) is 0 Å². The molecule has 0 radical (unpaired) electrons. The van der Waals surface area contributed by atoms with Gasteiger partial charge in [0.05, 0.1) is 17.8 Å². The summed E-state index contributed by atoms with van der Waals surface area (Å²) in [6.45, 7) is 9.42. The number of esters is 1. The van der Waals surface area contributed by atoms with Crippen molar-refractivity contribution in [3.63, 3.8) is 0 Å².